The van der Waals surface area contributed by atoms with Gasteiger partial charge in [-0.3, -0.25) is 0 Å². The fourth-order valence-electron chi connectivity index (χ4n) is 1.73. The highest BCUT2D eigenvalue weighted by atomic mass is 127. The molecule has 0 fully saturated rings. The molecule has 18 heavy (non-hydrogen) atoms. The van der Waals surface area contributed by atoms with E-state index in [1.54, 1.807) is 4.68 Å². The molecular weight excluding hydrogens is 341 g/mol. The van der Waals surface area contributed by atoms with E-state index < -0.39 is 0 Å². The monoisotopic (exact) mass is 357 g/mol. The van der Waals surface area contributed by atoms with Gasteiger partial charge in [-0.25, -0.2) is 4.68 Å². The maximum atomic E-state index is 6.06. The van der Waals surface area contributed by atoms with E-state index in [-0.39, 0.29) is 0 Å². The summed E-state index contributed by atoms with van der Waals surface area (Å²) in [6.07, 6.45) is 1.89. The molecule has 2 rings (SSSR count). The smallest absolute Gasteiger partial charge is 0.241 e. The van der Waals surface area contributed by atoms with E-state index in [0.717, 1.165) is 24.3 Å². The molecule has 2 N–H and O–H groups in total. The number of hydrogen-bond acceptors (Lipinski definition) is 3. The first-order valence-corrected chi connectivity index (χ1v) is 6.94. The molecule has 1 aromatic heterocycles. The third-order valence-corrected chi connectivity index (χ3v) is 3.34. The predicted molar refractivity (Wildman–Crippen MR) is 80.8 cm³/mol. The van der Waals surface area contributed by atoms with E-state index in [0.29, 0.717) is 11.6 Å². The summed E-state index contributed by atoms with van der Waals surface area (Å²) in [4.78, 5) is 0. The van der Waals surface area contributed by atoms with E-state index in [2.05, 4.69) is 34.6 Å². The van der Waals surface area contributed by atoms with Gasteiger partial charge in [0.15, 0.2) is 0 Å². The molecule has 4 nitrogen and oxygen atoms in total. The molecule has 0 radical (unpaired) electrons. The number of benzene rings is 1. The minimum absolute atomic E-state index is 0.611. The lowest BCUT2D eigenvalue weighted by Gasteiger charge is -2.06. The number of hydrogen-bond donors (Lipinski definition) is 1. The van der Waals surface area contributed by atoms with Crippen LogP contribution in [0.4, 0.5) is 5.69 Å². The largest absolute Gasteiger partial charge is 0.437 e. The van der Waals surface area contributed by atoms with Crippen molar-refractivity contribution in [3.8, 4) is 11.6 Å². The topological polar surface area (TPSA) is 53.1 Å². The molecule has 5 heteroatoms. The zero-order valence-corrected chi connectivity index (χ0v) is 12.6. The molecule has 0 aliphatic rings. The summed E-state index contributed by atoms with van der Waals surface area (Å²) in [5.74, 6) is 1.38. The van der Waals surface area contributed by atoms with Crippen LogP contribution in [-0.2, 0) is 13.5 Å². The minimum atomic E-state index is 0.611. The summed E-state index contributed by atoms with van der Waals surface area (Å²) in [5.41, 5.74) is 7.60. The van der Waals surface area contributed by atoms with Gasteiger partial charge in [0.25, 0.3) is 0 Å². The van der Waals surface area contributed by atoms with Crippen molar-refractivity contribution in [2.75, 3.05) is 5.73 Å². The SMILES string of the molecule is CCCc1nn(C)c(Oc2ccc(I)cc2)c1N. The highest BCUT2D eigenvalue weighted by Crippen LogP contribution is 2.30. The third-order valence-electron chi connectivity index (χ3n) is 2.62. The fourth-order valence-corrected chi connectivity index (χ4v) is 2.09. The van der Waals surface area contributed by atoms with Crippen LogP contribution in [0.3, 0.4) is 0 Å². The number of aromatic nitrogens is 2. The summed E-state index contributed by atoms with van der Waals surface area (Å²) in [6.45, 7) is 2.10. The molecule has 0 aliphatic heterocycles. The van der Waals surface area contributed by atoms with Gasteiger partial charge >= 0.3 is 0 Å². The van der Waals surface area contributed by atoms with Crippen molar-refractivity contribution in [2.24, 2.45) is 7.05 Å². The van der Waals surface area contributed by atoms with Crippen molar-refractivity contribution < 1.29 is 4.74 Å². The first-order valence-electron chi connectivity index (χ1n) is 5.86. The van der Waals surface area contributed by atoms with Gasteiger partial charge in [0.2, 0.25) is 5.88 Å². The number of nitrogen functional groups attached to an aromatic ring is 1. The van der Waals surface area contributed by atoms with Crippen LogP contribution in [0.5, 0.6) is 11.6 Å². The quantitative estimate of drug-likeness (QED) is 0.854. The van der Waals surface area contributed by atoms with Crippen LogP contribution in [0.2, 0.25) is 0 Å². The Bertz CT molecular complexity index is 534. The molecule has 0 bridgehead atoms. The van der Waals surface area contributed by atoms with Crippen molar-refractivity contribution in [3.05, 3.63) is 33.5 Å². The van der Waals surface area contributed by atoms with Crippen LogP contribution >= 0.6 is 22.6 Å². The highest BCUT2D eigenvalue weighted by Gasteiger charge is 2.14. The van der Waals surface area contributed by atoms with Crippen LogP contribution in [0.1, 0.15) is 19.0 Å². The predicted octanol–water partition coefficient (Wildman–Crippen LogP) is 3.35. The summed E-state index contributed by atoms with van der Waals surface area (Å²) >= 11 is 2.26. The summed E-state index contributed by atoms with van der Waals surface area (Å²) in [6, 6.07) is 7.84. The molecule has 1 heterocycles. The number of nitrogens with two attached hydrogens (primary N) is 1. The lowest BCUT2D eigenvalue weighted by atomic mass is 10.2. The molecule has 0 atom stereocenters. The molecule has 0 saturated carbocycles. The van der Waals surface area contributed by atoms with Gasteiger partial charge in [-0.15, -0.1) is 0 Å². The van der Waals surface area contributed by atoms with Gasteiger partial charge in [0.1, 0.15) is 11.4 Å². The fraction of sp³-hybridized carbons (Fsp3) is 0.308. The Balaban J connectivity index is 2.26. The molecule has 0 amide bonds. The van der Waals surface area contributed by atoms with E-state index in [1.165, 1.54) is 3.57 Å². The molecule has 0 spiro atoms. The highest BCUT2D eigenvalue weighted by molar-refractivity contribution is 14.1. The standard InChI is InChI=1S/C13H16IN3O/c1-3-4-11-12(15)13(17(2)16-11)18-10-7-5-9(14)6-8-10/h5-8H,3-4,15H2,1-2H3. The van der Waals surface area contributed by atoms with Gasteiger partial charge in [0.05, 0.1) is 5.69 Å². The zero-order chi connectivity index (χ0) is 13.1. The Labute approximate surface area is 120 Å². The maximum Gasteiger partial charge on any atom is 0.241 e. The lowest BCUT2D eigenvalue weighted by Crippen LogP contribution is -1.96. The first kappa shape index (κ1) is 13.2. The first-order chi connectivity index (χ1) is 8.61. The second kappa shape index (κ2) is 5.60. The summed E-state index contributed by atoms with van der Waals surface area (Å²) in [7, 11) is 1.84. The molecule has 2 aromatic rings. The van der Waals surface area contributed by atoms with E-state index in [9.17, 15) is 0 Å². The van der Waals surface area contributed by atoms with Gasteiger partial charge in [-0.1, -0.05) is 13.3 Å². The average molecular weight is 357 g/mol. The lowest BCUT2D eigenvalue weighted by molar-refractivity contribution is 0.432. The van der Waals surface area contributed by atoms with Crippen molar-refractivity contribution in [2.45, 2.75) is 19.8 Å². The van der Waals surface area contributed by atoms with Gasteiger partial charge in [-0.05, 0) is 53.3 Å². The molecule has 96 valence electrons. The second-order valence-electron chi connectivity index (χ2n) is 4.10. The Hall–Kier alpha value is -1.24. The second-order valence-corrected chi connectivity index (χ2v) is 5.34. The number of ether oxygens (including phenoxy) is 1. The maximum absolute atomic E-state index is 6.06. The van der Waals surface area contributed by atoms with Crippen LogP contribution in [-0.4, -0.2) is 9.78 Å². The Kier molecular flexibility index (Phi) is 4.11. The van der Waals surface area contributed by atoms with E-state index >= 15 is 0 Å². The molecule has 0 aliphatic carbocycles. The summed E-state index contributed by atoms with van der Waals surface area (Å²) < 4.78 is 8.66. The van der Waals surface area contributed by atoms with E-state index in [1.807, 2.05) is 31.3 Å². The van der Waals surface area contributed by atoms with Crippen LogP contribution in [0.25, 0.3) is 0 Å². The van der Waals surface area contributed by atoms with Crippen LogP contribution in [0, 0.1) is 3.57 Å². The number of rotatable bonds is 4. The summed E-state index contributed by atoms with van der Waals surface area (Å²) in [5, 5.41) is 4.38. The van der Waals surface area contributed by atoms with Crippen molar-refractivity contribution >= 4 is 28.3 Å². The van der Waals surface area contributed by atoms with Gasteiger partial charge in [-0.2, -0.15) is 5.10 Å². The minimum Gasteiger partial charge on any atom is -0.437 e. The van der Waals surface area contributed by atoms with Crippen LogP contribution in [0.15, 0.2) is 24.3 Å². The van der Waals surface area contributed by atoms with Gasteiger partial charge in [0, 0.05) is 10.6 Å². The average Bonchev–Trinajstić information content (AvgIpc) is 2.60. The molecule has 0 unspecified atom stereocenters. The number of halogens is 1. The van der Waals surface area contributed by atoms with E-state index in [4.69, 9.17) is 10.5 Å². The Morgan fingerprint density at radius 3 is 2.61 bits per heavy atom. The normalized spacial score (nSPS) is 10.6. The zero-order valence-electron chi connectivity index (χ0n) is 10.5. The molecular formula is C13H16IN3O. The molecule has 0 saturated heterocycles. The van der Waals surface area contributed by atoms with Crippen molar-refractivity contribution in [1.82, 2.24) is 9.78 Å². The number of nitrogens with zero attached hydrogens (tertiary/aromatic N) is 2. The van der Waals surface area contributed by atoms with Crippen LogP contribution < -0.4 is 10.5 Å². The number of aryl methyl sites for hydroxylation is 2. The van der Waals surface area contributed by atoms with Crippen molar-refractivity contribution in [1.29, 1.82) is 0 Å². The third kappa shape index (κ3) is 2.77. The Morgan fingerprint density at radius 1 is 1.33 bits per heavy atom. The van der Waals surface area contributed by atoms with Crippen molar-refractivity contribution in [3.63, 3.8) is 0 Å². The Morgan fingerprint density at radius 2 is 2.00 bits per heavy atom. The molecule has 1 aromatic carbocycles. The number of anilines is 1. The van der Waals surface area contributed by atoms with Gasteiger partial charge < -0.3 is 10.5 Å².